The van der Waals surface area contributed by atoms with Crippen molar-refractivity contribution in [3.05, 3.63) is 93.2 Å². The molecule has 0 saturated carbocycles. The van der Waals surface area contributed by atoms with Crippen LogP contribution in [0, 0.1) is 18.7 Å². The normalized spacial score (nSPS) is 16.7. The van der Waals surface area contributed by atoms with E-state index in [9.17, 15) is 9.18 Å². The van der Waals surface area contributed by atoms with Gasteiger partial charge >= 0.3 is 0 Å². The highest BCUT2D eigenvalue weighted by molar-refractivity contribution is 5.76. The number of likely N-dealkylation sites (tertiary alicyclic amines) is 1. The number of halogens is 1. The summed E-state index contributed by atoms with van der Waals surface area (Å²) >= 11 is 0. The number of aromatic nitrogens is 4. The Bertz CT molecular complexity index is 1480. The van der Waals surface area contributed by atoms with Gasteiger partial charge in [0.15, 0.2) is 0 Å². The maximum absolute atomic E-state index is 13.5. The Hall–Kier alpha value is -3.32. The van der Waals surface area contributed by atoms with Crippen molar-refractivity contribution in [2.24, 2.45) is 5.92 Å². The molecule has 1 saturated heterocycles. The molecule has 7 heteroatoms. The zero-order valence-corrected chi connectivity index (χ0v) is 22.2. The van der Waals surface area contributed by atoms with Gasteiger partial charge in [-0.3, -0.25) is 9.36 Å². The number of aryl methyl sites for hydroxylation is 2. The SMILES string of the molecule is Cc1nc2n(c(=O)c1CCN1CCC(Cc3nc4ccccc4n3Cc3ccc(F)cc3)CC1)CCCC2. The van der Waals surface area contributed by atoms with Crippen LogP contribution in [-0.2, 0) is 32.4 Å². The maximum Gasteiger partial charge on any atom is 0.256 e. The lowest BCUT2D eigenvalue weighted by molar-refractivity contribution is 0.184. The molecule has 2 aromatic heterocycles. The van der Waals surface area contributed by atoms with E-state index >= 15 is 0 Å². The number of fused-ring (bicyclic) bond motifs is 2. The van der Waals surface area contributed by atoms with E-state index in [0.29, 0.717) is 12.5 Å². The van der Waals surface area contributed by atoms with Crippen molar-refractivity contribution in [2.45, 2.75) is 65.0 Å². The average molecular weight is 514 g/mol. The molecule has 0 N–H and O–H groups in total. The van der Waals surface area contributed by atoms with Crippen molar-refractivity contribution in [3.8, 4) is 0 Å². The van der Waals surface area contributed by atoms with Crippen molar-refractivity contribution in [1.29, 1.82) is 0 Å². The molecule has 0 bridgehead atoms. The van der Waals surface area contributed by atoms with Gasteiger partial charge in [0.05, 0.1) is 11.0 Å². The molecule has 198 valence electrons. The predicted molar refractivity (Wildman–Crippen MR) is 148 cm³/mol. The fraction of sp³-hybridized carbons (Fsp3) is 0.452. The monoisotopic (exact) mass is 513 g/mol. The summed E-state index contributed by atoms with van der Waals surface area (Å²) in [5.41, 5.74) is 5.22. The first kappa shape index (κ1) is 25.0. The summed E-state index contributed by atoms with van der Waals surface area (Å²) < 4.78 is 17.7. The third-order valence-corrected chi connectivity index (χ3v) is 8.42. The topological polar surface area (TPSA) is 56.0 Å². The van der Waals surface area contributed by atoms with Gasteiger partial charge in [0.2, 0.25) is 0 Å². The number of piperidine rings is 1. The van der Waals surface area contributed by atoms with E-state index in [2.05, 4.69) is 27.7 Å². The van der Waals surface area contributed by atoms with Crippen LogP contribution in [0.15, 0.2) is 53.3 Å². The fourth-order valence-electron chi connectivity index (χ4n) is 6.19. The molecule has 4 aromatic rings. The molecule has 2 aliphatic rings. The number of rotatable bonds is 7. The second-order valence-electron chi connectivity index (χ2n) is 11.0. The first-order valence-electron chi connectivity index (χ1n) is 14.1. The quantitative estimate of drug-likeness (QED) is 0.352. The van der Waals surface area contributed by atoms with Gasteiger partial charge in [0, 0.05) is 43.7 Å². The molecule has 0 spiro atoms. The predicted octanol–water partition coefficient (Wildman–Crippen LogP) is 4.92. The van der Waals surface area contributed by atoms with Crippen LogP contribution in [-0.4, -0.2) is 43.6 Å². The van der Waals surface area contributed by atoms with Crippen LogP contribution in [0.1, 0.15) is 54.2 Å². The fourth-order valence-corrected chi connectivity index (χ4v) is 6.19. The highest BCUT2D eigenvalue weighted by atomic mass is 19.1. The first-order valence-corrected chi connectivity index (χ1v) is 14.1. The standard InChI is InChI=1S/C31H36FN5O/c1-22-26(31(38)36-16-5-4-8-29(36)33-22)15-19-35-17-13-23(14-18-35)20-30-34-27-6-2-3-7-28(27)37(30)21-24-9-11-25(32)12-10-24/h2-3,6-7,9-12,23H,4-5,8,13-21H2,1H3. The third kappa shape index (κ3) is 5.17. The molecular formula is C31H36FN5O. The molecule has 0 atom stereocenters. The number of hydrogen-bond donors (Lipinski definition) is 0. The lowest BCUT2D eigenvalue weighted by Gasteiger charge is -2.32. The number of para-hydroxylation sites is 2. The molecule has 0 amide bonds. The smallest absolute Gasteiger partial charge is 0.256 e. The summed E-state index contributed by atoms with van der Waals surface area (Å²) in [7, 11) is 0. The van der Waals surface area contributed by atoms with Crippen LogP contribution < -0.4 is 5.56 Å². The van der Waals surface area contributed by atoms with E-state index in [-0.39, 0.29) is 11.4 Å². The van der Waals surface area contributed by atoms with Gasteiger partial charge in [-0.05, 0) is 87.9 Å². The van der Waals surface area contributed by atoms with E-state index in [0.717, 1.165) is 111 Å². The number of hydrogen-bond acceptors (Lipinski definition) is 4. The van der Waals surface area contributed by atoms with Crippen LogP contribution in [0.5, 0.6) is 0 Å². The van der Waals surface area contributed by atoms with Crippen LogP contribution >= 0.6 is 0 Å². The molecule has 6 nitrogen and oxygen atoms in total. The van der Waals surface area contributed by atoms with Crippen molar-refractivity contribution < 1.29 is 4.39 Å². The maximum atomic E-state index is 13.5. The molecule has 2 aromatic carbocycles. The number of nitrogens with zero attached hydrogens (tertiary/aromatic N) is 5. The van der Waals surface area contributed by atoms with Crippen LogP contribution in [0.2, 0.25) is 0 Å². The molecule has 38 heavy (non-hydrogen) atoms. The summed E-state index contributed by atoms with van der Waals surface area (Å²) in [6.07, 6.45) is 7.09. The average Bonchev–Trinajstić information content (AvgIpc) is 3.27. The molecular weight excluding hydrogens is 477 g/mol. The third-order valence-electron chi connectivity index (χ3n) is 8.42. The zero-order chi connectivity index (χ0) is 26.1. The minimum atomic E-state index is -0.209. The van der Waals surface area contributed by atoms with E-state index in [1.807, 2.05) is 29.7 Å². The zero-order valence-electron chi connectivity index (χ0n) is 22.2. The Kier molecular flexibility index (Phi) is 7.11. The summed E-state index contributed by atoms with van der Waals surface area (Å²) in [5.74, 6) is 2.44. The molecule has 0 aliphatic carbocycles. The van der Waals surface area contributed by atoms with Crippen LogP contribution in [0.3, 0.4) is 0 Å². The molecule has 2 aliphatic heterocycles. The Balaban J connectivity index is 1.10. The van der Waals surface area contributed by atoms with Crippen LogP contribution in [0.4, 0.5) is 4.39 Å². The molecule has 4 heterocycles. The molecule has 0 unspecified atom stereocenters. The van der Waals surface area contributed by atoms with Gasteiger partial charge in [-0.25, -0.2) is 14.4 Å². The van der Waals surface area contributed by atoms with Gasteiger partial charge < -0.3 is 9.47 Å². The minimum Gasteiger partial charge on any atom is -0.323 e. The highest BCUT2D eigenvalue weighted by Gasteiger charge is 2.23. The van der Waals surface area contributed by atoms with Crippen molar-refractivity contribution in [1.82, 2.24) is 24.0 Å². The highest BCUT2D eigenvalue weighted by Crippen LogP contribution is 2.25. The number of imidazole rings is 1. The molecule has 6 rings (SSSR count). The van der Waals surface area contributed by atoms with E-state index in [4.69, 9.17) is 9.97 Å². The minimum absolute atomic E-state index is 0.183. The van der Waals surface area contributed by atoms with E-state index < -0.39 is 0 Å². The lowest BCUT2D eigenvalue weighted by atomic mass is 9.93. The summed E-state index contributed by atoms with van der Waals surface area (Å²) in [6, 6.07) is 15.1. The Morgan fingerprint density at radius 3 is 2.58 bits per heavy atom. The molecule has 0 radical (unpaired) electrons. The molecule has 1 fully saturated rings. The van der Waals surface area contributed by atoms with Crippen molar-refractivity contribution in [3.63, 3.8) is 0 Å². The lowest BCUT2D eigenvalue weighted by Crippen LogP contribution is -2.38. The second kappa shape index (κ2) is 10.8. The Morgan fingerprint density at radius 1 is 0.974 bits per heavy atom. The second-order valence-corrected chi connectivity index (χ2v) is 11.0. The van der Waals surface area contributed by atoms with E-state index in [1.54, 1.807) is 0 Å². The van der Waals surface area contributed by atoms with Gasteiger partial charge in [0.1, 0.15) is 17.5 Å². The largest absolute Gasteiger partial charge is 0.323 e. The number of benzene rings is 2. The van der Waals surface area contributed by atoms with Crippen molar-refractivity contribution in [2.75, 3.05) is 19.6 Å². The summed E-state index contributed by atoms with van der Waals surface area (Å²) in [4.78, 5) is 25.4. The van der Waals surface area contributed by atoms with Crippen LogP contribution in [0.25, 0.3) is 11.0 Å². The van der Waals surface area contributed by atoms with Gasteiger partial charge in [-0.2, -0.15) is 0 Å². The van der Waals surface area contributed by atoms with Gasteiger partial charge in [-0.1, -0.05) is 24.3 Å². The Labute approximate surface area is 223 Å². The Morgan fingerprint density at radius 2 is 1.76 bits per heavy atom. The van der Waals surface area contributed by atoms with E-state index in [1.165, 1.54) is 12.1 Å². The van der Waals surface area contributed by atoms with Gasteiger partial charge in [0.25, 0.3) is 5.56 Å². The first-order chi connectivity index (χ1) is 18.5. The summed E-state index contributed by atoms with van der Waals surface area (Å²) in [6.45, 7) is 6.50. The summed E-state index contributed by atoms with van der Waals surface area (Å²) in [5, 5.41) is 0. The van der Waals surface area contributed by atoms with Crippen molar-refractivity contribution >= 4 is 11.0 Å². The van der Waals surface area contributed by atoms with Gasteiger partial charge in [-0.15, -0.1) is 0 Å².